The minimum Gasteiger partial charge on any atom is -0.375 e. The van der Waals surface area contributed by atoms with E-state index in [1.807, 2.05) is 36.6 Å². The molecule has 1 amide bonds. The second kappa shape index (κ2) is 9.82. The maximum atomic E-state index is 13.1. The molecule has 2 aromatic rings. The lowest BCUT2D eigenvalue weighted by Crippen LogP contribution is -2.51. The predicted octanol–water partition coefficient (Wildman–Crippen LogP) is 5.34. The maximum absolute atomic E-state index is 13.1. The molecule has 0 heterocycles. The molecule has 0 aromatic heterocycles. The summed E-state index contributed by atoms with van der Waals surface area (Å²) >= 11 is 1.66. The van der Waals surface area contributed by atoms with Crippen molar-refractivity contribution in [1.29, 1.82) is 0 Å². The van der Waals surface area contributed by atoms with Crippen LogP contribution in [0.1, 0.15) is 56.1 Å². The molecule has 4 heteroatoms. The minimum absolute atomic E-state index is 0.125. The Hall–Kier alpha value is -1.78. The van der Waals surface area contributed by atoms with Gasteiger partial charge < -0.3 is 10.4 Å². The van der Waals surface area contributed by atoms with Crippen molar-refractivity contribution < 1.29 is 9.90 Å². The number of thioether (sulfide) groups is 1. The van der Waals surface area contributed by atoms with E-state index in [-0.39, 0.29) is 17.7 Å². The third kappa shape index (κ3) is 4.70. The van der Waals surface area contributed by atoms with Crippen molar-refractivity contribution in [2.75, 3.05) is 13.3 Å². The molecule has 2 unspecified atom stereocenters. The predicted molar refractivity (Wildman–Crippen MR) is 121 cm³/mol. The molecule has 0 spiro atoms. The van der Waals surface area contributed by atoms with E-state index < -0.39 is 5.60 Å². The Balaban J connectivity index is 2.01. The topological polar surface area (TPSA) is 49.3 Å². The van der Waals surface area contributed by atoms with Crippen LogP contribution in [-0.2, 0) is 10.4 Å². The first-order chi connectivity index (χ1) is 14.0. The highest BCUT2D eigenvalue weighted by Crippen LogP contribution is 2.46. The summed E-state index contributed by atoms with van der Waals surface area (Å²) in [6.45, 7) is 2.21. The summed E-state index contributed by atoms with van der Waals surface area (Å²) in [4.78, 5) is 14.3. The van der Waals surface area contributed by atoms with E-state index in [9.17, 15) is 9.90 Å². The summed E-state index contributed by atoms with van der Waals surface area (Å²) in [5.41, 5.74) is 0.434. The Kier molecular flexibility index (Phi) is 7.42. The summed E-state index contributed by atoms with van der Waals surface area (Å²) in [6, 6.07) is 18.3. The third-order valence-electron chi connectivity index (χ3n) is 6.58. The van der Waals surface area contributed by atoms with Gasteiger partial charge in [0.15, 0.2) is 5.60 Å². The van der Waals surface area contributed by atoms with Crippen LogP contribution in [0.4, 0.5) is 0 Å². The third-order valence-corrected chi connectivity index (χ3v) is 7.33. The van der Waals surface area contributed by atoms with Crippen LogP contribution in [0.25, 0.3) is 0 Å². The number of benzene rings is 2. The number of rotatable bonds is 8. The van der Waals surface area contributed by atoms with E-state index >= 15 is 0 Å². The van der Waals surface area contributed by atoms with Crippen molar-refractivity contribution in [2.24, 2.45) is 11.8 Å². The molecule has 1 saturated carbocycles. The first-order valence-corrected chi connectivity index (χ1v) is 11.9. The smallest absolute Gasteiger partial charge is 0.256 e. The van der Waals surface area contributed by atoms with Gasteiger partial charge in [0.1, 0.15) is 0 Å². The van der Waals surface area contributed by atoms with Crippen LogP contribution in [-0.4, -0.2) is 24.3 Å². The quantitative estimate of drug-likeness (QED) is 0.576. The zero-order chi connectivity index (χ0) is 20.9. The number of hydrogen-bond acceptors (Lipinski definition) is 3. The van der Waals surface area contributed by atoms with Crippen LogP contribution in [0.3, 0.4) is 0 Å². The molecule has 0 radical (unpaired) electrons. The van der Waals surface area contributed by atoms with Crippen molar-refractivity contribution in [3.05, 3.63) is 65.7 Å². The molecular weight excluding hydrogens is 378 g/mol. The van der Waals surface area contributed by atoms with Gasteiger partial charge in [-0.2, -0.15) is 0 Å². The van der Waals surface area contributed by atoms with E-state index in [0.717, 1.165) is 24.2 Å². The Bertz CT molecular complexity index is 786. The SMILES string of the molecule is CNC(=O)C(O)(c1ccc(SC)cc1)C(C[C@@H](C)c1ccccc1)C1CCCC1. The molecule has 1 aliphatic carbocycles. The van der Waals surface area contributed by atoms with Crippen LogP contribution in [0.2, 0.25) is 0 Å². The van der Waals surface area contributed by atoms with Crippen molar-refractivity contribution in [3.63, 3.8) is 0 Å². The monoisotopic (exact) mass is 411 g/mol. The summed E-state index contributed by atoms with van der Waals surface area (Å²) in [5.74, 6) is 0.194. The van der Waals surface area contributed by atoms with Gasteiger partial charge in [-0.15, -0.1) is 11.8 Å². The molecule has 0 aliphatic heterocycles. The van der Waals surface area contributed by atoms with E-state index in [0.29, 0.717) is 11.5 Å². The molecule has 156 valence electrons. The lowest BCUT2D eigenvalue weighted by molar-refractivity contribution is -0.151. The molecule has 3 nitrogen and oxygen atoms in total. The van der Waals surface area contributed by atoms with Gasteiger partial charge in [-0.25, -0.2) is 0 Å². The van der Waals surface area contributed by atoms with Crippen LogP contribution in [0, 0.1) is 11.8 Å². The minimum atomic E-state index is -1.52. The van der Waals surface area contributed by atoms with Gasteiger partial charge in [0.25, 0.3) is 5.91 Å². The number of carbonyl (C=O) groups excluding carboxylic acids is 1. The normalized spacial score (nSPS) is 18.8. The first kappa shape index (κ1) is 21.9. The van der Waals surface area contributed by atoms with E-state index in [1.165, 1.54) is 18.4 Å². The zero-order valence-electron chi connectivity index (χ0n) is 17.7. The van der Waals surface area contributed by atoms with Crippen LogP contribution >= 0.6 is 11.8 Å². The average Bonchev–Trinajstić information content (AvgIpc) is 3.31. The van der Waals surface area contributed by atoms with Gasteiger partial charge in [-0.3, -0.25) is 4.79 Å². The van der Waals surface area contributed by atoms with Gasteiger partial charge >= 0.3 is 0 Å². The second-order valence-corrected chi connectivity index (χ2v) is 9.15. The molecule has 0 bridgehead atoms. The number of aliphatic hydroxyl groups is 1. The largest absolute Gasteiger partial charge is 0.375 e. The van der Waals surface area contributed by atoms with Gasteiger partial charge in [0, 0.05) is 17.9 Å². The summed E-state index contributed by atoms with van der Waals surface area (Å²) in [6.07, 6.45) is 7.32. The lowest BCUT2D eigenvalue weighted by Gasteiger charge is -2.40. The summed E-state index contributed by atoms with van der Waals surface area (Å²) < 4.78 is 0. The summed E-state index contributed by atoms with van der Waals surface area (Å²) in [7, 11) is 1.62. The van der Waals surface area contributed by atoms with Crippen LogP contribution in [0.5, 0.6) is 0 Å². The Morgan fingerprint density at radius 3 is 2.31 bits per heavy atom. The van der Waals surface area contributed by atoms with Gasteiger partial charge in [-0.1, -0.05) is 75.1 Å². The Morgan fingerprint density at radius 1 is 1.14 bits per heavy atom. The summed E-state index contributed by atoms with van der Waals surface area (Å²) in [5, 5.41) is 14.8. The number of carbonyl (C=O) groups is 1. The Labute approximate surface area is 179 Å². The number of hydrogen-bond donors (Lipinski definition) is 2. The van der Waals surface area contributed by atoms with Crippen molar-refractivity contribution >= 4 is 17.7 Å². The molecule has 2 aromatic carbocycles. The highest BCUT2D eigenvalue weighted by atomic mass is 32.2. The molecule has 1 aliphatic rings. The highest BCUT2D eigenvalue weighted by molar-refractivity contribution is 7.98. The molecule has 0 saturated heterocycles. The standard InChI is InChI=1S/C25H33NO2S/c1-18(19-9-5-4-6-10-19)17-23(20-11-7-8-12-20)25(28,24(27)26-2)21-13-15-22(29-3)16-14-21/h4-6,9-10,13-16,18,20,23,28H,7-8,11-12,17H2,1-3H3,(H,26,27)/t18-,23?,25?/m1/s1. The second-order valence-electron chi connectivity index (χ2n) is 8.27. The fraction of sp³-hybridized carbons (Fsp3) is 0.480. The van der Waals surface area contributed by atoms with E-state index in [2.05, 4.69) is 36.5 Å². The van der Waals surface area contributed by atoms with Crippen molar-refractivity contribution in [1.82, 2.24) is 5.32 Å². The number of amides is 1. The van der Waals surface area contributed by atoms with E-state index in [4.69, 9.17) is 0 Å². The van der Waals surface area contributed by atoms with Gasteiger partial charge in [0.2, 0.25) is 0 Å². The number of nitrogens with one attached hydrogen (secondary N) is 1. The van der Waals surface area contributed by atoms with Gasteiger partial charge in [-0.05, 0) is 47.8 Å². The van der Waals surface area contributed by atoms with Crippen LogP contribution < -0.4 is 5.32 Å². The molecular formula is C25H33NO2S. The molecule has 3 rings (SSSR count). The lowest BCUT2D eigenvalue weighted by atomic mass is 9.68. The van der Waals surface area contributed by atoms with E-state index in [1.54, 1.807) is 18.8 Å². The van der Waals surface area contributed by atoms with Crippen molar-refractivity contribution in [3.8, 4) is 0 Å². The Morgan fingerprint density at radius 2 is 1.76 bits per heavy atom. The highest BCUT2D eigenvalue weighted by Gasteiger charge is 2.49. The molecule has 2 N–H and O–H groups in total. The molecule has 3 atom stereocenters. The maximum Gasteiger partial charge on any atom is 0.256 e. The zero-order valence-corrected chi connectivity index (χ0v) is 18.5. The van der Waals surface area contributed by atoms with Crippen molar-refractivity contribution in [2.45, 2.75) is 55.4 Å². The van der Waals surface area contributed by atoms with Gasteiger partial charge in [0.05, 0.1) is 0 Å². The average molecular weight is 412 g/mol. The molecule has 1 fully saturated rings. The van der Waals surface area contributed by atoms with Crippen LogP contribution in [0.15, 0.2) is 59.5 Å². The first-order valence-electron chi connectivity index (χ1n) is 10.6. The fourth-order valence-corrected chi connectivity index (χ4v) is 5.32. The number of likely N-dealkylation sites (N-methyl/N-ethyl adjacent to an activating group) is 1. The fourth-order valence-electron chi connectivity index (χ4n) is 4.91. The molecule has 29 heavy (non-hydrogen) atoms.